The topological polar surface area (TPSA) is 20.2 Å². The summed E-state index contributed by atoms with van der Waals surface area (Å²) in [6.45, 7) is 6.57. The summed E-state index contributed by atoms with van der Waals surface area (Å²) in [5.41, 5.74) is 0. The maximum Gasteiger partial charge on any atom is 0.129 e. The van der Waals surface area contributed by atoms with Crippen LogP contribution in [0.25, 0.3) is 0 Å². The Balaban J connectivity index is 2.69. The fourth-order valence-corrected chi connectivity index (χ4v) is 1.91. The zero-order valence-electron chi connectivity index (χ0n) is 8.32. The summed E-state index contributed by atoms with van der Waals surface area (Å²) < 4.78 is 0. The van der Waals surface area contributed by atoms with E-state index in [9.17, 15) is 5.11 Å². The van der Waals surface area contributed by atoms with Crippen molar-refractivity contribution in [2.45, 2.75) is 30.9 Å². The number of phenols is 1. The van der Waals surface area contributed by atoms with Gasteiger partial charge in [-0.05, 0) is 18.1 Å². The molecule has 0 fully saturated rings. The molecule has 0 aliphatic heterocycles. The molecule has 0 spiro atoms. The highest BCUT2D eigenvalue weighted by Crippen LogP contribution is 2.33. The smallest absolute Gasteiger partial charge is 0.129 e. The van der Waals surface area contributed by atoms with Crippen LogP contribution in [0.4, 0.5) is 0 Å². The lowest BCUT2D eigenvalue weighted by molar-refractivity contribution is 0.462. The molecule has 0 saturated carbocycles. The van der Waals surface area contributed by atoms with E-state index in [1.807, 2.05) is 18.2 Å². The molecule has 0 aliphatic carbocycles. The second-order valence-corrected chi connectivity index (χ2v) is 4.95. The van der Waals surface area contributed by atoms with E-state index in [2.05, 4.69) is 20.8 Å². The first-order valence-corrected chi connectivity index (χ1v) is 5.44. The van der Waals surface area contributed by atoms with Crippen molar-refractivity contribution in [3.8, 4) is 5.75 Å². The summed E-state index contributed by atoms with van der Waals surface area (Å²) in [5.74, 6) is 1.02. The number of hydrogen-bond acceptors (Lipinski definition) is 2. The molecular formula is C11H16OS. The fourth-order valence-electron chi connectivity index (χ4n) is 0.893. The molecule has 1 nitrogen and oxygen atoms in total. The molecule has 0 heterocycles. The van der Waals surface area contributed by atoms with Gasteiger partial charge in [0.15, 0.2) is 0 Å². The summed E-state index contributed by atoms with van der Waals surface area (Å²) in [6.07, 6.45) is 0. The van der Waals surface area contributed by atoms with Crippen LogP contribution < -0.4 is 0 Å². The number of rotatable bonds is 3. The molecule has 0 aromatic heterocycles. The van der Waals surface area contributed by atoms with E-state index in [-0.39, 0.29) is 0 Å². The highest BCUT2D eigenvalue weighted by Gasteiger charge is 2.10. The summed E-state index contributed by atoms with van der Waals surface area (Å²) in [4.78, 5) is 0.976. The Morgan fingerprint density at radius 1 is 1.15 bits per heavy atom. The van der Waals surface area contributed by atoms with Crippen molar-refractivity contribution in [3.63, 3.8) is 0 Å². The van der Waals surface area contributed by atoms with Crippen molar-refractivity contribution in [1.29, 1.82) is 0 Å². The van der Waals surface area contributed by atoms with E-state index in [1.165, 1.54) is 0 Å². The van der Waals surface area contributed by atoms with E-state index in [0.29, 0.717) is 16.9 Å². The minimum Gasteiger partial charge on any atom is -0.507 e. The summed E-state index contributed by atoms with van der Waals surface area (Å²) in [6, 6.07) is 7.49. The number of benzene rings is 1. The largest absolute Gasteiger partial charge is 0.507 e. The van der Waals surface area contributed by atoms with Crippen LogP contribution in [0.5, 0.6) is 5.75 Å². The van der Waals surface area contributed by atoms with Crippen LogP contribution in [0.1, 0.15) is 20.8 Å². The summed E-state index contributed by atoms with van der Waals surface area (Å²) in [5, 5.41) is 10.1. The fraction of sp³-hybridized carbons (Fsp3) is 0.455. The molecule has 1 N–H and O–H groups in total. The first kappa shape index (κ1) is 10.5. The molecule has 0 aliphatic rings. The Labute approximate surface area is 84.2 Å². The molecular weight excluding hydrogens is 180 g/mol. The molecule has 0 amide bonds. The van der Waals surface area contributed by atoms with Gasteiger partial charge in [-0.2, -0.15) is 0 Å². The van der Waals surface area contributed by atoms with Gasteiger partial charge in [0.1, 0.15) is 5.75 Å². The summed E-state index contributed by atoms with van der Waals surface area (Å²) >= 11 is 1.73. The van der Waals surface area contributed by atoms with Crippen molar-refractivity contribution < 1.29 is 5.11 Å². The molecule has 1 unspecified atom stereocenters. The lowest BCUT2D eigenvalue weighted by atomic mass is 10.2. The predicted octanol–water partition coefficient (Wildman–Crippen LogP) is 3.53. The van der Waals surface area contributed by atoms with E-state index in [1.54, 1.807) is 17.8 Å². The van der Waals surface area contributed by atoms with Gasteiger partial charge >= 0.3 is 0 Å². The van der Waals surface area contributed by atoms with Gasteiger partial charge in [0.05, 0.1) is 0 Å². The number of thioether (sulfide) groups is 1. The van der Waals surface area contributed by atoms with Crippen LogP contribution in [0.3, 0.4) is 0 Å². The van der Waals surface area contributed by atoms with E-state index in [4.69, 9.17) is 0 Å². The van der Waals surface area contributed by atoms with Gasteiger partial charge in [-0.1, -0.05) is 32.9 Å². The maximum atomic E-state index is 9.52. The molecule has 13 heavy (non-hydrogen) atoms. The Kier molecular flexibility index (Phi) is 3.67. The van der Waals surface area contributed by atoms with Gasteiger partial charge in [0.2, 0.25) is 0 Å². The van der Waals surface area contributed by atoms with E-state index < -0.39 is 0 Å². The van der Waals surface area contributed by atoms with Crippen LogP contribution in [0.15, 0.2) is 29.2 Å². The van der Waals surface area contributed by atoms with Gasteiger partial charge in [-0.25, -0.2) is 0 Å². The number of aromatic hydroxyl groups is 1. The van der Waals surface area contributed by atoms with Gasteiger partial charge in [0, 0.05) is 10.1 Å². The van der Waals surface area contributed by atoms with Gasteiger partial charge in [-0.3, -0.25) is 0 Å². The first-order chi connectivity index (χ1) is 6.11. The van der Waals surface area contributed by atoms with Gasteiger partial charge in [0.25, 0.3) is 0 Å². The highest BCUT2D eigenvalue weighted by molar-refractivity contribution is 8.00. The molecule has 1 atom stereocenters. The Hall–Kier alpha value is -0.630. The summed E-state index contributed by atoms with van der Waals surface area (Å²) in [7, 11) is 0. The van der Waals surface area contributed by atoms with Crippen molar-refractivity contribution >= 4 is 11.8 Å². The number of hydrogen-bond donors (Lipinski definition) is 1. The van der Waals surface area contributed by atoms with E-state index >= 15 is 0 Å². The highest BCUT2D eigenvalue weighted by atomic mass is 32.2. The quantitative estimate of drug-likeness (QED) is 0.746. The Morgan fingerprint density at radius 3 is 2.31 bits per heavy atom. The Morgan fingerprint density at radius 2 is 1.77 bits per heavy atom. The standard InChI is InChI=1S/C11H16OS/c1-8(2)9(3)13-11-7-5-4-6-10(11)12/h4-9,12H,1-3H3. The van der Waals surface area contributed by atoms with Crippen molar-refractivity contribution in [1.82, 2.24) is 0 Å². The van der Waals surface area contributed by atoms with E-state index in [0.717, 1.165) is 4.90 Å². The lowest BCUT2D eigenvalue weighted by Crippen LogP contribution is -2.04. The van der Waals surface area contributed by atoms with Gasteiger partial charge < -0.3 is 5.11 Å². The number of phenolic OH excluding ortho intramolecular Hbond substituents is 1. The Bertz CT molecular complexity index is 271. The molecule has 0 radical (unpaired) electrons. The third-order valence-electron chi connectivity index (χ3n) is 2.12. The third-order valence-corrected chi connectivity index (χ3v) is 3.63. The molecule has 1 aromatic carbocycles. The molecule has 1 rings (SSSR count). The normalized spacial score (nSPS) is 13.2. The SMILES string of the molecule is CC(C)C(C)Sc1ccccc1O. The molecule has 0 bridgehead atoms. The monoisotopic (exact) mass is 196 g/mol. The van der Waals surface area contributed by atoms with Crippen LogP contribution >= 0.6 is 11.8 Å². The molecule has 1 aromatic rings. The second kappa shape index (κ2) is 4.56. The predicted molar refractivity (Wildman–Crippen MR) is 58.3 cm³/mol. The zero-order chi connectivity index (χ0) is 9.84. The van der Waals surface area contributed by atoms with Gasteiger partial charge in [-0.15, -0.1) is 11.8 Å². The number of para-hydroxylation sites is 1. The average Bonchev–Trinajstić information content (AvgIpc) is 2.08. The van der Waals surface area contributed by atoms with Crippen molar-refractivity contribution in [2.75, 3.05) is 0 Å². The molecule has 2 heteroatoms. The molecule has 72 valence electrons. The third kappa shape index (κ3) is 2.96. The first-order valence-electron chi connectivity index (χ1n) is 4.56. The van der Waals surface area contributed by atoms with Crippen LogP contribution in [0.2, 0.25) is 0 Å². The minimum absolute atomic E-state index is 0.389. The van der Waals surface area contributed by atoms with Crippen molar-refractivity contribution in [2.24, 2.45) is 5.92 Å². The van der Waals surface area contributed by atoms with Crippen molar-refractivity contribution in [3.05, 3.63) is 24.3 Å². The second-order valence-electron chi connectivity index (χ2n) is 3.53. The van der Waals surface area contributed by atoms with Crippen LogP contribution in [-0.2, 0) is 0 Å². The minimum atomic E-state index is 0.389. The maximum absolute atomic E-state index is 9.52. The van der Waals surface area contributed by atoms with Crippen LogP contribution in [-0.4, -0.2) is 10.4 Å². The molecule has 0 saturated heterocycles. The lowest BCUT2D eigenvalue weighted by Gasteiger charge is -2.15. The zero-order valence-corrected chi connectivity index (χ0v) is 9.14. The van der Waals surface area contributed by atoms with Crippen LogP contribution in [0, 0.1) is 5.92 Å². The average molecular weight is 196 g/mol.